The summed E-state index contributed by atoms with van der Waals surface area (Å²) in [5, 5.41) is 4.40. The van der Waals surface area contributed by atoms with Crippen molar-refractivity contribution >= 4 is 17.5 Å². The molecule has 28 heavy (non-hydrogen) atoms. The average Bonchev–Trinajstić information content (AvgIpc) is 3.05. The standard InChI is InChI=1S/C19H18ClFN6O/c1-26-18(23-10-24-26)9-27-5-4-13-14(12-3-2-11(20)6-15(12)21)7-16(19(22)28)25-17(13)8-27/h2-3,6-7,10H,4-5,8-9H2,1H3,(H2,22,28). The van der Waals surface area contributed by atoms with Gasteiger partial charge in [0.2, 0.25) is 0 Å². The summed E-state index contributed by atoms with van der Waals surface area (Å²) in [6.07, 6.45) is 2.18. The Bertz CT molecular complexity index is 1070. The highest BCUT2D eigenvalue weighted by Gasteiger charge is 2.25. The minimum absolute atomic E-state index is 0.114. The largest absolute Gasteiger partial charge is 0.364 e. The van der Waals surface area contributed by atoms with Gasteiger partial charge >= 0.3 is 0 Å². The molecule has 1 aliphatic rings. The van der Waals surface area contributed by atoms with Gasteiger partial charge in [0.05, 0.1) is 12.2 Å². The van der Waals surface area contributed by atoms with Gasteiger partial charge in [0.15, 0.2) is 0 Å². The van der Waals surface area contributed by atoms with E-state index in [1.165, 1.54) is 12.4 Å². The van der Waals surface area contributed by atoms with E-state index in [4.69, 9.17) is 17.3 Å². The highest BCUT2D eigenvalue weighted by atomic mass is 35.5. The van der Waals surface area contributed by atoms with Gasteiger partial charge in [-0.3, -0.25) is 14.4 Å². The maximum atomic E-state index is 14.6. The number of fused-ring (bicyclic) bond motifs is 1. The molecule has 3 aromatic rings. The van der Waals surface area contributed by atoms with Crippen LogP contribution < -0.4 is 5.73 Å². The first-order chi connectivity index (χ1) is 13.4. The third kappa shape index (κ3) is 3.48. The van der Waals surface area contributed by atoms with E-state index in [-0.39, 0.29) is 5.69 Å². The van der Waals surface area contributed by atoms with E-state index in [2.05, 4.69) is 20.0 Å². The van der Waals surface area contributed by atoms with Gasteiger partial charge in [-0.05, 0) is 41.8 Å². The lowest BCUT2D eigenvalue weighted by Crippen LogP contribution is -2.33. The predicted octanol–water partition coefficient (Wildman–Crippen LogP) is 2.33. The smallest absolute Gasteiger partial charge is 0.267 e. The van der Waals surface area contributed by atoms with E-state index < -0.39 is 11.7 Å². The molecule has 0 bridgehead atoms. The summed E-state index contributed by atoms with van der Waals surface area (Å²) in [4.78, 5) is 22.7. The summed E-state index contributed by atoms with van der Waals surface area (Å²) in [7, 11) is 1.84. The zero-order valence-corrected chi connectivity index (χ0v) is 15.9. The van der Waals surface area contributed by atoms with E-state index in [1.807, 2.05) is 7.05 Å². The number of aromatic nitrogens is 4. The summed E-state index contributed by atoms with van der Waals surface area (Å²) in [6.45, 7) is 1.86. The SMILES string of the molecule is Cn1ncnc1CN1CCc2c(-c3ccc(Cl)cc3F)cc(C(N)=O)nc2C1. The zero-order valence-electron chi connectivity index (χ0n) is 15.2. The van der Waals surface area contributed by atoms with Crippen molar-refractivity contribution in [2.45, 2.75) is 19.5 Å². The number of amides is 1. The fourth-order valence-electron chi connectivity index (χ4n) is 3.47. The molecule has 1 aromatic carbocycles. The third-order valence-corrected chi connectivity index (χ3v) is 5.14. The molecule has 9 heteroatoms. The van der Waals surface area contributed by atoms with Gasteiger partial charge in [0.1, 0.15) is 23.7 Å². The Morgan fingerprint density at radius 3 is 2.82 bits per heavy atom. The van der Waals surface area contributed by atoms with E-state index in [1.54, 1.807) is 22.9 Å². The number of aryl methyl sites for hydroxylation is 1. The van der Waals surface area contributed by atoms with Crippen molar-refractivity contribution in [3.8, 4) is 11.1 Å². The van der Waals surface area contributed by atoms with E-state index in [0.717, 1.165) is 17.9 Å². The van der Waals surface area contributed by atoms with Crippen LogP contribution in [0, 0.1) is 5.82 Å². The number of hydrogen-bond acceptors (Lipinski definition) is 5. The van der Waals surface area contributed by atoms with Gasteiger partial charge in [0, 0.05) is 30.7 Å². The molecule has 0 radical (unpaired) electrons. The fraction of sp³-hybridized carbons (Fsp3) is 0.263. The van der Waals surface area contributed by atoms with Gasteiger partial charge in [-0.25, -0.2) is 14.4 Å². The van der Waals surface area contributed by atoms with Crippen molar-refractivity contribution in [2.75, 3.05) is 6.54 Å². The second-order valence-electron chi connectivity index (χ2n) is 6.73. The summed E-state index contributed by atoms with van der Waals surface area (Å²) in [5.74, 6) is -0.264. The predicted molar refractivity (Wildman–Crippen MR) is 102 cm³/mol. The van der Waals surface area contributed by atoms with Crippen LogP contribution in [-0.2, 0) is 26.6 Å². The number of carbonyl (C=O) groups is 1. The van der Waals surface area contributed by atoms with Crippen molar-refractivity contribution in [2.24, 2.45) is 12.8 Å². The van der Waals surface area contributed by atoms with E-state index in [9.17, 15) is 9.18 Å². The lowest BCUT2D eigenvalue weighted by Gasteiger charge is -2.29. The van der Waals surface area contributed by atoms with Gasteiger partial charge in [-0.15, -0.1) is 0 Å². The van der Waals surface area contributed by atoms with E-state index >= 15 is 0 Å². The molecule has 0 fully saturated rings. The Labute approximate surface area is 166 Å². The first-order valence-electron chi connectivity index (χ1n) is 8.75. The number of nitrogens with zero attached hydrogens (tertiary/aromatic N) is 5. The molecule has 7 nitrogen and oxygen atoms in total. The van der Waals surface area contributed by atoms with E-state index in [0.29, 0.717) is 41.4 Å². The minimum Gasteiger partial charge on any atom is -0.364 e. The first kappa shape index (κ1) is 18.5. The molecule has 0 spiro atoms. The molecule has 4 rings (SSSR count). The molecule has 0 saturated carbocycles. The van der Waals surface area contributed by atoms with Crippen LogP contribution in [0.5, 0.6) is 0 Å². The number of halogens is 2. The number of benzene rings is 1. The van der Waals surface area contributed by atoms with Gasteiger partial charge < -0.3 is 5.73 Å². The van der Waals surface area contributed by atoms with Gasteiger partial charge in [-0.2, -0.15) is 5.10 Å². The molecule has 0 aliphatic carbocycles. The molecule has 3 heterocycles. The Kier molecular flexibility index (Phi) is 4.82. The second-order valence-corrected chi connectivity index (χ2v) is 7.17. The average molecular weight is 401 g/mol. The molecule has 2 N–H and O–H groups in total. The number of hydrogen-bond donors (Lipinski definition) is 1. The van der Waals surface area contributed by atoms with Crippen molar-refractivity contribution < 1.29 is 9.18 Å². The molecule has 0 saturated heterocycles. The summed E-state index contributed by atoms with van der Waals surface area (Å²) in [6, 6.07) is 6.06. The maximum Gasteiger partial charge on any atom is 0.267 e. The van der Waals surface area contributed by atoms with Crippen molar-refractivity contribution in [3.05, 3.63) is 64.2 Å². The quantitative estimate of drug-likeness (QED) is 0.725. The lowest BCUT2D eigenvalue weighted by molar-refractivity contribution is 0.0994. The zero-order chi connectivity index (χ0) is 19.8. The molecular weight excluding hydrogens is 383 g/mol. The van der Waals surface area contributed by atoms with Crippen molar-refractivity contribution in [1.82, 2.24) is 24.6 Å². The maximum absolute atomic E-state index is 14.6. The Morgan fingerprint density at radius 1 is 1.32 bits per heavy atom. The third-order valence-electron chi connectivity index (χ3n) is 4.91. The Hall–Kier alpha value is -2.84. The van der Waals surface area contributed by atoms with Crippen LogP contribution in [-0.4, -0.2) is 37.1 Å². The fourth-order valence-corrected chi connectivity index (χ4v) is 3.63. The molecule has 1 aliphatic heterocycles. The first-order valence-corrected chi connectivity index (χ1v) is 9.13. The minimum atomic E-state index is -0.649. The topological polar surface area (TPSA) is 89.9 Å². The summed E-state index contributed by atoms with van der Waals surface area (Å²) >= 11 is 5.88. The summed E-state index contributed by atoms with van der Waals surface area (Å²) < 4.78 is 16.3. The van der Waals surface area contributed by atoms with Crippen LogP contribution in [0.25, 0.3) is 11.1 Å². The molecule has 1 amide bonds. The highest BCUT2D eigenvalue weighted by Crippen LogP contribution is 2.33. The number of pyridine rings is 1. The number of carbonyl (C=O) groups excluding carboxylic acids is 1. The van der Waals surface area contributed by atoms with Crippen LogP contribution in [0.3, 0.4) is 0 Å². The number of primary amides is 1. The Morgan fingerprint density at radius 2 is 2.14 bits per heavy atom. The summed E-state index contributed by atoms with van der Waals surface area (Å²) in [5.41, 5.74) is 8.23. The van der Waals surface area contributed by atoms with Crippen LogP contribution >= 0.6 is 11.6 Å². The molecule has 144 valence electrons. The number of rotatable bonds is 4. The van der Waals surface area contributed by atoms with Crippen LogP contribution in [0.15, 0.2) is 30.6 Å². The van der Waals surface area contributed by atoms with Crippen molar-refractivity contribution in [3.63, 3.8) is 0 Å². The monoisotopic (exact) mass is 400 g/mol. The van der Waals surface area contributed by atoms with Crippen LogP contribution in [0.2, 0.25) is 5.02 Å². The molecule has 0 unspecified atom stereocenters. The molecule has 0 atom stereocenters. The van der Waals surface area contributed by atoms with Gasteiger partial charge in [0.25, 0.3) is 5.91 Å². The van der Waals surface area contributed by atoms with Crippen LogP contribution in [0.1, 0.15) is 27.6 Å². The Balaban J connectivity index is 1.74. The lowest BCUT2D eigenvalue weighted by atomic mass is 9.93. The highest BCUT2D eigenvalue weighted by molar-refractivity contribution is 6.30. The molecular formula is C19H18ClFN6O. The van der Waals surface area contributed by atoms with Crippen LogP contribution in [0.4, 0.5) is 4.39 Å². The normalized spacial score (nSPS) is 14.1. The van der Waals surface area contributed by atoms with Crippen molar-refractivity contribution in [1.29, 1.82) is 0 Å². The number of nitrogens with two attached hydrogens (primary N) is 1. The second kappa shape index (κ2) is 7.29. The molecule has 2 aromatic heterocycles. The van der Waals surface area contributed by atoms with Gasteiger partial charge in [-0.1, -0.05) is 11.6 Å².